The van der Waals surface area contributed by atoms with Crippen LogP contribution < -0.4 is 4.74 Å². The first kappa shape index (κ1) is 30.9. The van der Waals surface area contributed by atoms with Gasteiger partial charge in [-0.2, -0.15) is 0 Å². The van der Waals surface area contributed by atoms with Gasteiger partial charge in [-0.05, 0) is 92.1 Å². The van der Waals surface area contributed by atoms with Crippen molar-refractivity contribution in [2.24, 2.45) is 10.8 Å². The first-order chi connectivity index (χ1) is 24.4. The summed E-state index contributed by atoms with van der Waals surface area (Å²) in [6, 6.07) is 45.2. The Balaban J connectivity index is 1.26. The molecule has 252 valence electrons. The molecule has 1 aliphatic heterocycles. The van der Waals surface area contributed by atoms with E-state index in [2.05, 4.69) is 175 Å². The van der Waals surface area contributed by atoms with Gasteiger partial charge < -0.3 is 4.74 Å². The van der Waals surface area contributed by atoms with Crippen molar-refractivity contribution >= 4 is 16.8 Å². The summed E-state index contributed by atoms with van der Waals surface area (Å²) in [6.07, 6.45) is 8.29. The predicted octanol–water partition coefficient (Wildman–Crippen LogP) is 13.0. The lowest BCUT2D eigenvalue weighted by Gasteiger charge is -2.52. The molecule has 0 saturated heterocycles. The largest absolute Gasteiger partial charge is 0.472 e. The molecule has 0 aromatic heterocycles. The average Bonchev–Trinajstić information content (AvgIpc) is 3.51. The van der Waals surface area contributed by atoms with Gasteiger partial charge in [0.2, 0.25) is 0 Å². The second kappa shape index (κ2) is 10.1. The van der Waals surface area contributed by atoms with Crippen molar-refractivity contribution in [1.29, 1.82) is 0 Å². The number of ether oxygens (including phenoxy) is 1. The van der Waals surface area contributed by atoms with Crippen molar-refractivity contribution in [2.75, 3.05) is 0 Å². The van der Waals surface area contributed by atoms with E-state index in [4.69, 9.17) is 4.74 Å². The molecule has 51 heavy (non-hydrogen) atoms. The van der Waals surface area contributed by atoms with Crippen molar-refractivity contribution < 1.29 is 4.74 Å². The highest BCUT2D eigenvalue weighted by molar-refractivity contribution is 6.08. The van der Waals surface area contributed by atoms with Crippen molar-refractivity contribution in [2.45, 2.75) is 77.2 Å². The standard InChI is InChI=1S/C50H46O/c1-46(2)29-47(3,4)31-49(30-46)41-23-15-13-21-38(41)43-36-19-10-11-20-37(36)45-39(44(43)49)26-27-50(51-45,32-16-8-7-9-17-32)33-24-25-35-34-18-12-14-22-40(34)48(5,6)42(35)28-33/h7-28H,29-31H2,1-6H3. The van der Waals surface area contributed by atoms with Gasteiger partial charge in [0.25, 0.3) is 0 Å². The summed E-state index contributed by atoms with van der Waals surface area (Å²) < 4.78 is 7.79. The van der Waals surface area contributed by atoms with Gasteiger partial charge >= 0.3 is 0 Å². The highest BCUT2D eigenvalue weighted by atomic mass is 16.5. The van der Waals surface area contributed by atoms with E-state index < -0.39 is 5.60 Å². The van der Waals surface area contributed by atoms with Gasteiger partial charge in [-0.3, -0.25) is 0 Å². The lowest BCUT2D eigenvalue weighted by atomic mass is 9.52. The van der Waals surface area contributed by atoms with Crippen LogP contribution in [0.25, 0.3) is 39.1 Å². The van der Waals surface area contributed by atoms with Gasteiger partial charge in [-0.1, -0.05) is 163 Å². The molecule has 1 saturated carbocycles. The van der Waals surface area contributed by atoms with Gasteiger partial charge in [-0.15, -0.1) is 0 Å². The third-order valence-electron chi connectivity index (χ3n) is 12.9. The maximum Gasteiger partial charge on any atom is 0.178 e. The van der Waals surface area contributed by atoms with E-state index in [1.54, 1.807) is 0 Å². The molecule has 6 aromatic rings. The zero-order valence-electron chi connectivity index (χ0n) is 30.7. The number of rotatable bonds is 2. The Bertz CT molecular complexity index is 2440. The van der Waals surface area contributed by atoms with Crippen LogP contribution in [-0.2, 0) is 16.4 Å². The summed E-state index contributed by atoms with van der Waals surface area (Å²) in [5, 5.41) is 2.48. The molecule has 3 aliphatic carbocycles. The fourth-order valence-electron chi connectivity index (χ4n) is 11.7. The van der Waals surface area contributed by atoms with E-state index in [0.717, 1.165) is 29.7 Å². The zero-order chi connectivity index (χ0) is 35.0. The van der Waals surface area contributed by atoms with Crippen LogP contribution in [0.2, 0.25) is 0 Å². The summed E-state index contributed by atoms with van der Waals surface area (Å²) in [5.41, 5.74) is 14.1. The van der Waals surface area contributed by atoms with E-state index in [-0.39, 0.29) is 21.7 Å². The Labute approximate surface area is 303 Å². The molecule has 1 nitrogen and oxygen atoms in total. The fraction of sp³-hybridized carbons (Fsp3) is 0.280. The minimum Gasteiger partial charge on any atom is -0.472 e. The van der Waals surface area contributed by atoms with Crippen LogP contribution in [-0.4, -0.2) is 0 Å². The Hall–Kier alpha value is -4.88. The van der Waals surface area contributed by atoms with Crippen LogP contribution >= 0.6 is 0 Å². The van der Waals surface area contributed by atoms with Gasteiger partial charge in [0, 0.05) is 32.9 Å². The summed E-state index contributed by atoms with van der Waals surface area (Å²) in [4.78, 5) is 0. The van der Waals surface area contributed by atoms with Crippen LogP contribution in [0, 0.1) is 10.8 Å². The van der Waals surface area contributed by atoms with E-state index in [1.807, 2.05) is 0 Å². The summed E-state index contributed by atoms with van der Waals surface area (Å²) >= 11 is 0. The monoisotopic (exact) mass is 662 g/mol. The Kier molecular flexibility index (Phi) is 6.14. The molecule has 1 heterocycles. The maximum atomic E-state index is 7.79. The number of benzene rings is 6. The minimum atomic E-state index is -0.797. The third kappa shape index (κ3) is 4.15. The van der Waals surface area contributed by atoms with Crippen molar-refractivity contribution in [3.63, 3.8) is 0 Å². The summed E-state index contributed by atoms with van der Waals surface area (Å²) in [5.74, 6) is 1.01. The van der Waals surface area contributed by atoms with Crippen molar-refractivity contribution in [1.82, 2.24) is 0 Å². The Morgan fingerprint density at radius 1 is 0.510 bits per heavy atom. The highest BCUT2D eigenvalue weighted by Gasteiger charge is 2.55. The van der Waals surface area contributed by atoms with E-state index in [9.17, 15) is 0 Å². The molecule has 1 unspecified atom stereocenters. The van der Waals surface area contributed by atoms with Crippen molar-refractivity contribution in [3.05, 3.63) is 166 Å². The van der Waals surface area contributed by atoms with Crippen LogP contribution in [0.3, 0.4) is 0 Å². The quantitative estimate of drug-likeness (QED) is 0.179. The maximum absolute atomic E-state index is 7.79. The number of hydrogen-bond donors (Lipinski definition) is 0. The van der Waals surface area contributed by atoms with Crippen molar-refractivity contribution in [3.8, 4) is 28.0 Å². The Morgan fingerprint density at radius 3 is 1.86 bits per heavy atom. The fourth-order valence-corrected chi connectivity index (χ4v) is 11.7. The number of fused-ring (bicyclic) bond motifs is 13. The van der Waals surface area contributed by atoms with Gasteiger partial charge in [0.05, 0.1) is 0 Å². The molecule has 1 fully saturated rings. The average molecular weight is 663 g/mol. The zero-order valence-corrected chi connectivity index (χ0v) is 30.7. The van der Waals surface area contributed by atoms with E-state index >= 15 is 0 Å². The molecular formula is C50H46O. The molecule has 1 atom stereocenters. The molecule has 0 amide bonds. The molecule has 0 radical (unpaired) electrons. The summed E-state index contributed by atoms with van der Waals surface area (Å²) in [6.45, 7) is 14.7. The van der Waals surface area contributed by atoms with Crippen LogP contribution in [0.5, 0.6) is 5.75 Å². The van der Waals surface area contributed by atoms with Crippen LogP contribution in [0.4, 0.5) is 0 Å². The van der Waals surface area contributed by atoms with Crippen LogP contribution in [0.15, 0.2) is 127 Å². The molecule has 6 aromatic carbocycles. The van der Waals surface area contributed by atoms with E-state index in [0.29, 0.717) is 0 Å². The first-order valence-electron chi connectivity index (χ1n) is 18.8. The van der Waals surface area contributed by atoms with Gasteiger partial charge in [0.15, 0.2) is 5.60 Å². The van der Waals surface area contributed by atoms with Gasteiger partial charge in [0.1, 0.15) is 5.75 Å². The smallest absolute Gasteiger partial charge is 0.178 e. The normalized spacial score (nSPS) is 22.1. The molecule has 1 heteroatoms. The third-order valence-corrected chi connectivity index (χ3v) is 12.9. The second-order valence-electron chi connectivity index (χ2n) is 18.0. The van der Waals surface area contributed by atoms with Gasteiger partial charge in [-0.25, -0.2) is 0 Å². The first-order valence-corrected chi connectivity index (χ1v) is 18.8. The molecule has 0 N–H and O–H groups in total. The summed E-state index contributed by atoms with van der Waals surface area (Å²) in [7, 11) is 0. The molecule has 0 bridgehead atoms. The van der Waals surface area contributed by atoms with E-state index in [1.165, 1.54) is 67.3 Å². The minimum absolute atomic E-state index is 0.102. The molecule has 1 spiro atoms. The SMILES string of the molecule is CC1(C)CC(C)(C)CC2(C1)c1ccccc1-c1c2c2c(c3ccccc13)OC(c1ccccc1)(c1ccc3c(c1)C(C)(C)c1ccccc1-3)C=C2. The second-order valence-corrected chi connectivity index (χ2v) is 18.0. The molecular weight excluding hydrogens is 617 g/mol. The molecule has 4 aliphatic rings. The highest BCUT2D eigenvalue weighted by Crippen LogP contribution is 2.67. The Morgan fingerprint density at radius 2 is 1.12 bits per heavy atom. The molecule has 10 rings (SSSR count). The number of hydrogen-bond acceptors (Lipinski definition) is 1. The lowest BCUT2D eigenvalue weighted by molar-refractivity contribution is 0.0642. The lowest BCUT2D eigenvalue weighted by Crippen LogP contribution is -2.44. The predicted molar refractivity (Wildman–Crippen MR) is 212 cm³/mol. The van der Waals surface area contributed by atoms with Crippen LogP contribution in [0.1, 0.15) is 99.7 Å². The topological polar surface area (TPSA) is 9.23 Å².